The van der Waals surface area contributed by atoms with Crippen molar-refractivity contribution < 1.29 is 13.2 Å². The largest absolute Gasteiger partial charge is 0.363 e. The third kappa shape index (κ3) is 4.03. The standard InChI is InChI=1S/C27H24F3N5O3/c28-21-8-15(9-22(29)24(21)30)13-33-23-10-17(35-18-3-4-19(35)12-31-11-18)5-6-20(23)26(37)34(27(33)38)14-16-2-1-7-32-25(16)36/h1-2,5-10,18-19,31H,3-4,11-14H2,(H,32,36)/t18-,19+. The molecular weight excluding hydrogens is 499 g/mol. The van der Waals surface area contributed by atoms with E-state index < -0.39 is 34.3 Å². The summed E-state index contributed by atoms with van der Waals surface area (Å²) in [5.74, 6) is -4.35. The summed E-state index contributed by atoms with van der Waals surface area (Å²) in [7, 11) is 0. The van der Waals surface area contributed by atoms with E-state index in [0.717, 1.165) is 48.3 Å². The lowest BCUT2D eigenvalue weighted by Gasteiger charge is -2.37. The average molecular weight is 524 g/mol. The van der Waals surface area contributed by atoms with Gasteiger partial charge in [0, 0.05) is 42.6 Å². The second-order valence-electron chi connectivity index (χ2n) is 9.81. The first-order chi connectivity index (χ1) is 18.3. The van der Waals surface area contributed by atoms with Crippen LogP contribution in [0, 0.1) is 17.5 Å². The number of piperazine rings is 1. The minimum atomic E-state index is -1.60. The molecule has 2 atom stereocenters. The number of nitrogens with zero attached hydrogens (tertiary/aromatic N) is 3. The molecule has 4 aromatic rings. The van der Waals surface area contributed by atoms with E-state index in [4.69, 9.17) is 0 Å². The molecule has 2 fully saturated rings. The van der Waals surface area contributed by atoms with Gasteiger partial charge in [0.15, 0.2) is 17.5 Å². The Bertz CT molecular complexity index is 1710. The summed E-state index contributed by atoms with van der Waals surface area (Å²) in [6.07, 6.45) is 3.48. The van der Waals surface area contributed by atoms with Crippen molar-refractivity contribution in [3.05, 3.63) is 108 Å². The highest BCUT2D eigenvalue weighted by molar-refractivity contribution is 5.82. The highest BCUT2D eigenvalue weighted by Crippen LogP contribution is 2.33. The summed E-state index contributed by atoms with van der Waals surface area (Å²) in [5.41, 5.74) is -0.443. The third-order valence-corrected chi connectivity index (χ3v) is 7.50. The lowest BCUT2D eigenvalue weighted by molar-refractivity contribution is 0.444. The molecule has 2 bridgehead atoms. The smallest absolute Gasteiger partial charge is 0.332 e. The summed E-state index contributed by atoms with van der Waals surface area (Å²) < 4.78 is 43.8. The Morgan fingerprint density at radius 2 is 1.58 bits per heavy atom. The summed E-state index contributed by atoms with van der Waals surface area (Å²) in [6, 6.07) is 10.5. The molecular formula is C27H24F3N5O3. The van der Waals surface area contributed by atoms with Crippen molar-refractivity contribution in [1.29, 1.82) is 0 Å². The molecule has 0 spiro atoms. The maximum atomic E-state index is 14.0. The Kier molecular flexibility index (Phi) is 5.94. The van der Waals surface area contributed by atoms with E-state index in [1.807, 2.05) is 6.07 Å². The molecule has 0 unspecified atom stereocenters. The monoisotopic (exact) mass is 523 g/mol. The normalized spacial score (nSPS) is 18.9. The van der Waals surface area contributed by atoms with Gasteiger partial charge < -0.3 is 15.2 Å². The van der Waals surface area contributed by atoms with E-state index >= 15 is 0 Å². The first-order valence-corrected chi connectivity index (χ1v) is 12.4. The Hall–Kier alpha value is -4.12. The molecule has 2 aromatic carbocycles. The van der Waals surface area contributed by atoms with Crippen LogP contribution < -0.4 is 27.0 Å². The summed E-state index contributed by atoms with van der Waals surface area (Å²) in [4.78, 5) is 44.3. The van der Waals surface area contributed by atoms with Gasteiger partial charge in [-0.2, -0.15) is 0 Å². The fourth-order valence-corrected chi connectivity index (χ4v) is 5.69. The van der Waals surface area contributed by atoms with Crippen LogP contribution in [-0.2, 0) is 13.1 Å². The van der Waals surface area contributed by atoms with Crippen molar-refractivity contribution in [2.45, 2.75) is 38.0 Å². The van der Waals surface area contributed by atoms with Crippen LogP contribution >= 0.6 is 0 Å². The molecule has 196 valence electrons. The fourth-order valence-electron chi connectivity index (χ4n) is 5.69. The number of hydrogen-bond donors (Lipinski definition) is 2. The summed E-state index contributed by atoms with van der Waals surface area (Å²) >= 11 is 0. The minimum Gasteiger partial charge on any atom is -0.363 e. The van der Waals surface area contributed by atoms with Gasteiger partial charge in [0.25, 0.3) is 11.1 Å². The lowest BCUT2D eigenvalue weighted by atomic mass is 10.1. The number of hydrogen-bond acceptors (Lipinski definition) is 5. The number of aromatic nitrogens is 3. The zero-order chi connectivity index (χ0) is 26.6. The predicted octanol–water partition coefficient (Wildman–Crippen LogP) is 2.31. The SMILES string of the molecule is O=c1[nH]cccc1Cn1c(=O)c2ccc(N3[C@@H]4CC[C@H]3CNC4)cc2n(Cc2cc(F)c(F)c(F)c2)c1=O. The fraction of sp³-hybridized carbons (Fsp3) is 0.296. The summed E-state index contributed by atoms with van der Waals surface area (Å²) in [6.45, 7) is 1.04. The molecule has 2 aromatic heterocycles. The van der Waals surface area contributed by atoms with Crippen LogP contribution in [0.2, 0.25) is 0 Å². The molecule has 0 amide bonds. The number of halogens is 3. The van der Waals surface area contributed by atoms with Gasteiger partial charge >= 0.3 is 5.69 Å². The molecule has 6 rings (SSSR count). The molecule has 2 aliphatic rings. The van der Waals surface area contributed by atoms with Crippen molar-refractivity contribution in [1.82, 2.24) is 19.4 Å². The van der Waals surface area contributed by atoms with Gasteiger partial charge in [0.2, 0.25) is 0 Å². The number of pyridine rings is 1. The average Bonchev–Trinajstić information content (AvgIpc) is 3.16. The Labute approximate surface area is 214 Å². The van der Waals surface area contributed by atoms with Crippen LogP contribution in [0.5, 0.6) is 0 Å². The maximum absolute atomic E-state index is 14.0. The van der Waals surface area contributed by atoms with Crippen LogP contribution in [0.1, 0.15) is 24.0 Å². The van der Waals surface area contributed by atoms with Crippen molar-refractivity contribution in [3.63, 3.8) is 0 Å². The Morgan fingerprint density at radius 1 is 0.868 bits per heavy atom. The van der Waals surface area contributed by atoms with Crippen molar-refractivity contribution >= 4 is 16.6 Å². The van der Waals surface area contributed by atoms with Gasteiger partial charge in [-0.15, -0.1) is 0 Å². The molecule has 0 aliphatic carbocycles. The van der Waals surface area contributed by atoms with Gasteiger partial charge in [0.05, 0.1) is 24.0 Å². The van der Waals surface area contributed by atoms with E-state index in [2.05, 4.69) is 15.2 Å². The van der Waals surface area contributed by atoms with Crippen molar-refractivity contribution in [3.8, 4) is 0 Å². The molecule has 0 radical (unpaired) electrons. The molecule has 4 heterocycles. The first kappa shape index (κ1) is 24.2. The topological polar surface area (TPSA) is 92.1 Å². The second-order valence-corrected chi connectivity index (χ2v) is 9.81. The van der Waals surface area contributed by atoms with E-state index in [0.29, 0.717) is 5.52 Å². The van der Waals surface area contributed by atoms with Gasteiger partial charge in [-0.25, -0.2) is 18.0 Å². The van der Waals surface area contributed by atoms with Gasteiger partial charge in [-0.05, 0) is 54.8 Å². The Morgan fingerprint density at radius 3 is 2.26 bits per heavy atom. The van der Waals surface area contributed by atoms with E-state index in [1.165, 1.54) is 16.8 Å². The predicted molar refractivity (Wildman–Crippen MR) is 136 cm³/mol. The first-order valence-electron chi connectivity index (χ1n) is 12.4. The van der Waals surface area contributed by atoms with E-state index in [1.54, 1.807) is 18.2 Å². The number of nitrogens with one attached hydrogen (secondary N) is 2. The molecule has 2 saturated heterocycles. The highest BCUT2D eigenvalue weighted by atomic mass is 19.2. The van der Waals surface area contributed by atoms with Crippen LogP contribution in [0.15, 0.2) is 63.0 Å². The van der Waals surface area contributed by atoms with Gasteiger partial charge in [-0.3, -0.25) is 18.7 Å². The number of fused-ring (bicyclic) bond motifs is 3. The van der Waals surface area contributed by atoms with Crippen LogP contribution in [0.3, 0.4) is 0 Å². The zero-order valence-electron chi connectivity index (χ0n) is 20.2. The Balaban J connectivity index is 1.55. The molecule has 11 heteroatoms. The lowest BCUT2D eigenvalue weighted by Crippen LogP contribution is -2.52. The zero-order valence-corrected chi connectivity index (χ0v) is 20.2. The molecule has 0 saturated carbocycles. The van der Waals surface area contributed by atoms with Gasteiger partial charge in [0.1, 0.15) is 0 Å². The van der Waals surface area contributed by atoms with E-state index in [-0.39, 0.29) is 41.7 Å². The molecule has 2 N–H and O–H groups in total. The number of rotatable bonds is 5. The number of benzene rings is 2. The van der Waals surface area contributed by atoms with Gasteiger partial charge in [-0.1, -0.05) is 6.07 Å². The molecule has 8 nitrogen and oxygen atoms in total. The number of H-pyrrole nitrogens is 1. The van der Waals surface area contributed by atoms with E-state index in [9.17, 15) is 27.6 Å². The van der Waals surface area contributed by atoms with Crippen LogP contribution in [-0.4, -0.2) is 39.3 Å². The third-order valence-electron chi connectivity index (χ3n) is 7.50. The van der Waals surface area contributed by atoms with Crippen LogP contribution in [0.25, 0.3) is 10.9 Å². The molecule has 2 aliphatic heterocycles. The summed E-state index contributed by atoms with van der Waals surface area (Å²) in [5, 5.41) is 3.63. The minimum absolute atomic E-state index is 0.0141. The second kappa shape index (κ2) is 9.32. The van der Waals surface area contributed by atoms with Crippen molar-refractivity contribution in [2.24, 2.45) is 0 Å². The molecule has 38 heavy (non-hydrogen) atoms. The highest BCUT2D eigenvalue weighted by Gasteiger charge is 2.36. The van der Waals surface area contributed by atoms with Crippen molar-refractivity contribution in [2.75, 3.05) is 18.0 Å². The quantitative estimate of drug-likeness (QED) is 0.392. The van der Waals surface area contributed by atoms with Crippen LogP contribution in [0.4, 0.5) is 18.9 Å². The number of anilines is 1. The maximum Gasteiger partial charge on any atom is 0.332 e. The number of aromatic amines is 1.